The molecule has 1 aliphatic heterocycles. The van der Waals surface area contributed by atoms with E-state index in [4.69, 9.17) is 5.73 Å². The van der Waals surface area contributed by atoms with E-state index in [1.54, 1.807) is 0 Å². The van der Waals surface area contributed by atoms with Crippen molar-refractivity contribution < 1.29 is 0 Å². The predicted octanol–water partition coefficient (Wildman–Crippen LogP) is 3.35. The summed E-state index contributed by atoms with van der Waals surface area (Å²) in [6.07, 6.45) is 2.57. The Balaban J connectivity index is 0.00000133. The summed E-state index contributed by atoms with van der Waals surface area (Å²) in [5.74, 6) is 1.60. The fourth-order valence-corrected chi connectivity index (χ4v) is 3.95. The molecular weight excluding hydrogens is 324 g/mol. The predicted molar refractivity (Wildman–Crippen MR) is 85.6 cm³/mol. The zero-order valence-corrected chi connectivity index (χ0v) is 13.7. The highest BCUT2D eigenvalue weighted by Crippen LogP contribution is 2.37. The zero-order chi connectivity index (χ0) is 12.7. The number of benzene rings is 1. The molecule has 0 aromatic heterocycles. The van der Waals surface area contributed by atoms with Crippen LogP contribution in [0.15, 0.2) is 22.7 Å². The largest absolute Gasteiger partial charge is 0.327 e. The number of hydrogen-bond donors (Lipinski definition) is 1. The van der Waals surface area contributed by atoms with Crippen LogP contribution in [0.1, 0.15) is 24.0 Å². The van der Waals surface area contributed by atoms with Gasteiger partial charge in [-0.3, -0.25) is 4.90 Å². The van der Waals surface area contributed by atoms with Crippen LogP contribution >= 0.6 is 28.3 Å². The molecule has 19 heavy (non-hydrogen) atoms. The lowest BCUT2D eigenvalue weighted by molar-refractivity contribution is 0.298. The summed E-state index contributed by atoms with van der Waals surface area (Å²) < 4.78 is 1.22. The SMILES string of the molecule is Cc1ccc(CN2CC3CCC(N)C3C2)cc1Br.Cl. The van der Waals surface area contributed by atoms with Crippen molar-refractivity contribution in [1.82, 2.24) is 4.90 Å². The van der Waals surface area contributed by atoms with E-state index in [9.17, 15) is 0 Å². The first-order valence-corrected chi connectivity index (χ1v) is 7.66. The summed E-state index contributed by atoms with van der Waals surface area (Å²) in [4.78, 5) is 2.57. The number of nitrogens with two attached hydrogens (primary N) is 1. The molecule has 2 aliphatic rings. The highest BCUT2D eigenvalue weighted by Gasteiger charge is 2.40. The second-order valence-electron chi connectivity index (χ2n) is 5.94. The minimum atomic E-state index is 0. The van der Waals surface area contributed by atoms with Crippen LogP contribution < -0.4 is 5.73 Å². The third-order valence-electron chi connectivity index (χ3n) is 4.63. The summed E-state index contributed by atoms with van der Waals surface area (Å²) in [5, 5.41) is 0. The minimum absolute atomic E-state index is 0. The average molecular weight is 346 g/mol. The van der Waals surface area contributed by atoms with E-state index in [1.807, 2.05) is 0 Å². The van der Waals surface area contributed by atoms with Gasteiger partial charge in [0.2, 0.25) is 0 Å². The van der Waals surface area contributed by atoms with Gasteiger partial charge in [0.15, 0.2) is 0 Å². The Hall–Kier alpha value is -0.0900. The first kappa shape index (κ1) is 15.3. The Labute approximate surface area is 130 Å². The molecule has 2 N–H and O–H groups in total. The van der Waals surface area contributed by atoms with E-state index in [-0.39, 0.29) is 12.4 Å². The van der Waals surface area contributed by atoms with Gasteiger partial charge in [0.25, 0.3) is 0 Å². The van der Waals surface area contributed by atoms with Crippen LogP contribution in [0.2, 0.25) is 0 Å². The number of halogens is 2. The quantitative estimate of drug-likeness (QED) is 0.890. The summed E-state index contributed by atoms with van der Waals surface area (Å²) in [5.41, 5.74) is 8.89. The van der Waals surface area contributed by atoms with Gasteiger partial charge in [-0.05, 0) is 48.8 Å². The van der Waals surface area contributed by atoms with Crippen LogP contribution in [-0.2, 0) is 6.54 Å². The van der Waals surface area contributed by atoms with Gasteiger partial charge in [-0.1, -0.05) is 28.1 Å². The second kappa shape index (κ2) is 6.13. The molecule has 3 atom stereocenters. The molecule has 1 aromatic rings. The van der Waals surface area contributed by atoms with E-state index >= 15 is 0 Å². The molecule has 0 amide bonds. The van der Waals surface area contributed by atoms with E-state index in [1.165, 1.54) is 41.5 Å². The Kier molecular flexibility index (Phi) is 4.93. The molecule has 1 saturated heterocycles. The number of rotatable bonds is 2. The number of nitrogens with zero attached hydrogens (tertiary/aromatic N) is 1. The lowest BCUT2D eigenvalue weighted by atomic mass is 9.98. The first-order valence-electron chi connectivity index (χ1n) is 6.86. The highest BCUT2D eigenvalue weighted by atomic mass is 79.9. The molecule has 3 rings (SSSR count). The van der Waals surface area contributed by atoms with Gasteiger partial charge in [0, 0.05) is 30.1 Å². The highest BCUT2D eigenvalue weighted by molar-refractivity contribution is 9.10. The standard InChI is InChI=1S/C15H21BrN2.ClH/c1-10-2-3-11(6-14(10)16)7-18-8-12-4-5-15(17)13(12)9-18;/h2-3,6,12-13,15H,4-5,7-9,17H2,1H3;1H. The summed E-state index contributed by atoms with van der Waals surface area (Å²) >= 11 is 3.62. The van der Waals surface area contributed by atoms with Crippen LogP contribution in [0.5, 0.6) is 0 Å². The molecule has 1 aromatic carbocycles. The Morgan fingerprint density at radius 2 is 2.11 bits per heavy atom. The van der Waals surface area contributed by atoms with Crippen LogP contribution in [0, 0.1) is 18.8 Å². The van der Waals surface area contributed by atoms with Gasteiger partial charge < -0.3 is 5.73 Å². The third-order valence-corrected chi connectivity index (χ3v) is 5.48. The molecule has 1 aliphatic carbocycles. The van der Waals surface area contributed by atoms with Crippen molar-refractivity contribution >= 4 is 28.3 Å². The first-order chi connectivity index (χ1) is 8.63. The van der Waals surface area contributed by atoms with E-state index in [0.717, 1.165) is 18.4 Å². The minimum Gasteiger partial charge on any atom is -0.327 e. The Bertz CT molecular complexity index is 452. The van der Waals surface area contributed by atoms with E-state index in [2.05, 4.69) is 46.0 Å². The van der Waals surface area contributed by atoms with Gasteiger partial charge in [0.05, 0.1) is 0 Å². The van der Waals surface area contributed by atoms with E-state index < -0.39 is 0 Å². The monoisotopic (exact) mass is 344 g/mol. The number of fused-ring (bicyclic) bond motifs is 1. The topological polar surface area (TPSA) is 29.3 Å². The van der Waals surface area contributed by atoms with E-state index in [0.29, 0.717) is 6.04 Å². The van der Waals surface area contributed by atoms with Crippen LogP contribution in [0.25, 0.3) is 0 Å². The molecular formula is C15H22BrClN2. The number of likely N-dealkylation sites (tertiary alicyclic amines) is 1. The van der Waals surface area contributed by atoms with Gasteiger partial charge in [-0.25, -0.2) is 0 Å². The van der Waals surface area contributed by atoms with Gasteiger partial charge in [0.1, 0.15) is 0 Å². The van der Waals surface area contributed by atoms with Gasteiger partial charge in [-0.15, -0.1) is 12.4 Å². The summed E-state index contributed by atoms with van der Waals surface area (Å²) in [6, 6.07) is 7.14. The smallest absolute Gasteiger partial charge is 0.0234 e. The van der Waals surface area contributed by atoms with Crippen molar-refractivity contribution in [2.24, 2.45) is 17.6 Å². The third kappa shape index (κ3) is 3.15. The molecule has 1 heterocycles. The zero-order valence-electron chi connectivity index (χ0n) is 11.3. The van der Waals surface area contributed by atoms with Crippen molar-refractivity contribution in [1.29, 1.82) is 0 Å². The lowest BCUT2D eigenvalue weighted by Crippen LogP contribution is -2.30. The maximum atomic E-state index is 6.19. The molecule has 3 unspecified atom stereocenters. The number of aryl methyl sites for hydroxylation is 1. The van der Waals surface area contributed by atoms with Crippen LogP contribution in [0.3, 0.4) is 0 Å². The molecule has 0 spiro atoms. The molecule has 2 fully saturated rings. The summed E-state index contributed by atoms with van der Waals surface area (Å²) in [7, 11) is 0. The average Bonchev–Trinajstić information content (AvgIpc) is 2.87. The van der Waals surface area contributed by atoms with Crippen molar-refractivity contribution in [3.05, 3.63) is 33.8 Å². The Morgan fingerprint density at radius 3 is 2.79 bits per heavy atom. The van der Waals surface area contributed by atoms with Crippen molar-refractivity contribution in [3.8, 4) is 0 Å². The maximum absolute atomic E-state index is 6.19. The van der Waals surface area contributed by atoms with Crippen LogP contribution in [0.4, 0.5) is 0 Å². The molecule has 2 nitrogen and oxygen atoms in total. The molecule has 106 valence electrons. The molecule has 0 radical (unpaired) electrons. The Morgan fingerprint density at radius 1 is 1.32 bits per heavy atom. The fourth-order valence-electron chi connectivity index (χ4n) is 3.52. The van der Waals surface area contributed by atoms with Gasteiger partial charge >= 0.3 is 0 Å². The number of hydrogen-bond acceptors (Lipinski definition) is 2. The van der Waals surface area contributed by atoms with Gasteiger partial charge in [-0.2, -0.15) is 0 Å². The van der Waals surface area contributed by atoms with Crippen molar-refractivity contribution in [3.63, 3.8) is 0 Å². The molecule has 4 heteroatoms. The van der Waals surface area contributed by atoms with Crippen molar-refractivity contribution in [2.45, 2.75) is 32.4 Å². The summed E-state index contributed by atoms with van der Waals surface area (Å²) in [6.45, 7) is 5.63. The fraction of sp³-hybridized carbons (Fsp3) is 0.600. The normalized spacial score (nSPS) is 30.2. The maximum Gasteiger partial charge on any atom is 0.0234 e. The molecule has 1 saturated carbocycles. The van der Waals surface area contributed by atoms with Crippen molar-refractivity contribution in [2.75, 3.05) is 13.1 Å². The second-order valence-corrected chi connectivity index (χ2v) is 6.80. The molecule has 0 bridgehead atoms. The lowest BCUT2D eigenvalue weighted by Gasteiger charge is -2.18. The van der Waals surface area contributed by atoms with Crippen LogP contribution in [-0.4, -0.2) is 24.0 Å².